The Kier molecular flexibility index (Phi) is 3.38. The van der Waals surface area contributed by atoms with E-state index in [0.29, 0.717) is 5.52 Å². The molecule has 1 aromatic heterocycles. The van der Waals surface area contributed by atoms with Gasteiger partial charge in [-0.25, -0.2) is 13.0 Å². The molecule has 1 aliphatic heterocycles. The zero-order valence-corrected chi connectivity index (χ0v) is 11.7. The van der Waals surface area contributed by atoms with Crippen LogP contribution in [0.15, 0.2) is 27.7 Å². The van der Waals surface area contributed by atoms with E-state index in [2.05, 4.69) is 14.9 Å². The number of aromatic nitrogens is 2. The summed E-state index contributed by atoms with van der Waals surface area (Å²) in [5.74, 6) is -1.73. The summed E-state index contributed by atoms with van der Waals surface area (Å²) < 4.78 is 31.1. The maximum absolute atomic E-state index is 12.6. The number of carboxylic acids is 1. The van der Waals surface area contributed by atoms with E-state index in [1.165, 1.54) is 10.4 Å². The lowest BCUT2D eigenvalue weighted by Crippen LogP contribution is -2.43. The maximum Gasteiger partial charge on any atom is 0.245 e. The van der Waals surface area contributed by atoms with Gasteiger partial charge in [0.1, 0.15) is 10.4 Å². The number of piperidine rings is 1. The summed E-state index contributed by atoms with van der Waals surface area (Å²) in [5, 5.41) is 18.1. The Morgan fingerprint density at radius 3 is 2.67 bits per heavy atom. The van der Waals surface area contributed by atoms with E-state index in [1.807, 2.05) is 0 Å². The average Bonchev–Trinajstić information content (AvgIpc) is 2.95. The number of rotatable bonds is 3. The van der Waals surface area contributed by atoms with Gasteiger partial charge in [0.25, 0.3) is 0 Å². The van der Waals surface area contributed by atoms with E-state index in [1.54, 1.807) is 12.1 Å². The maximum atomic E-state index is 12.6. The van der Waals surface area contributed by atoms with Crippen LogP contribution in [0.5, 0.6) is 0 Å². The predicted octanol–water partition coefficient (Wildman–Crippen LogP) is -0.627. The van der Waals surface area contributed by atoms with Crippen molar-refractivity contribution in [1.82, 2.24) is 14.6 Å². The van der Waals surface area contributed by atoms with Gasteiger partial charge >= 0.3 is 0 Å². The molecule has 0 spiro atoms. The van der Waals surface area contributed by atoms with Crippen LogP contribution in [0, 0.1) is 5.92 Å². The molecular weight excluding hydrogens is 298 g/mol. The number of nitrogens with zero attached hydrogens (tertiary/aromatic N) is 3. The molecule has 1 saturated heterocycles. The number of benzene rings is 1. The standard InChI is InChI=1S/C12H13N3O5S/c16-12(17)8-4-6-15(7-5-8)21(18,19)10-3-1-2-9-11(10)14-20-13-9/h1-3,8H,4-7H2,(H,16,17)/p-1. The summed E-state index contributed by atoms with van der Waals surface area (Å²) >= 11 is 0. The molecule has 2 heterocycles. The Hall–Kier alpha value is -2.00. The quantitative estimate of drug-likeness (QED) is 0.741. The third-order valence-electron chi connectivity index (χ3n) is 3.65. The highest BCUT2D eigenvalue weighted by atomic mass is 32.2. The van der Waals surface area contributed by atoms with Crippen LogP contribution in [0.25, 0.3) is 11.0 Å². The van der Waals surface area contributed by atoms with E-state index in [9.17, 15) is 18.3 Å². The van der Waals surface area contributed by atoms with E-state index in [0.717, 1.165) is 0 Å². The fourth-order valence-electron chi connectivity index (χ4n) is 2.46. The van der Waals surface area contributed by atoms with Gasteiger partial charge < -0.3 is 9.90 Å². The molecule has 0 unspecified atom stereocenters. The fraction of sp³-hybridized carbons (Fsp3) is 0.417. The topological polar surface area (TPSA) is 116 Å². The van der Waals surface area contributed by atoms with Crippen LogP contribution in [0.1, 0.15) is 12.8 Å². The van der Waals surface area contributed by atoms with Crippen LogP contribution in [0.4, 0.5) is 0 Å². The first-order valence-electron chi connectivity index (χ1n) is 6.42. The second-order valence-electron chi connectivity index (χ2n) is 4.89. The molecular formula is C12H12N3O5S-. The van der Waals surface area contributed by atoms with Crippen LogP contribution in [-0.4, -0.2) is 42.1 Å². The minimum absolute atomic E-state index is 0.0214. The molecule has 9 heteroatoms. The number of carbonyl (C=O) groups is 1. The first-order chi connectivity index (χ1) is 10.00. The Bertz CT molecular complexity index is 777. The number of carbonyl (C=O) groups excluding carboxylic acids is 1. The highest BCUT2D eigenvalue weighted by Gasteiger charge is 2.31. The number of hydrogen-bond acceptors (Lipinski definition) is 7. The molecule has 21 heavy (non-hydrogen) atoms. The number of sulfonamides is 1. The van der Waals surface area contributed by atoms with E-state index < -0.39 is 21.9 Å². The van der Waals surface area contributed by atoms with Crippen LogP contribution in [-0.2, 0) is 14.8 Å². The monoisotopic (exact) mass is 310 g/mol. The average molecular weight is 310 g/mol. The second kappa shape index (κ2) is 5.08. The Morgan fingerprint density at radius 2 is 2.00 bits per heavy atom. The largest absolute Gasteiger partial charge is 0.550 e. The van der Waals surface area contributed by atoms with E-state index in [-0.39, 0.29) is 36.3 Å². The Morgan fingerprint density at radius 1 is 1.29 bits per heavy atom. The summed E-state index contributed by atoms with van der Waals surface area (Å²) in [6.45, 7) is 0.283. The van der Waals surface area contributed by atoms with Crippen molar-refractivity contribution in [3.63, 3.8) is 0 Å². The summed E-state index contributed by atoms with van der Waals surface area (Å²) in [7, 11) is -3.75. The van der Waals surface area contributed by atoms with Gasteiger partial charge in [-0.2, -0.15) is 4.31 Å². The van der Waals surface area contributed by atoms with Crippen molar-refractivity contribution in [2.45, 2.75) is 17.7 Å². The van der Waals surface area contributed by atoms with Gasteiger partial charge in [-0.1, -0.05) is 6.07 Å². The van der Waals surface area contributed by atoms with Crippen molar-refractivity contribution in [1.29, 1.82) is 0 Å². The number of fused-ring (bicyclic) bond motifs is 1. The van der Waals surface area contributed by atoms with E-state index >= 15 is 0 Å². The van der Waals surface area contributed by atoms with Gasteiger partial charge in [0.15, 0.2) is 5.52 Å². The van der Waals surface area contributed by atoms with Crippen LogP contribution in [0.3, 0.4) is 0 Å². The minimum atomic E-state index is -3.75. The Labute approximate surface area is 120 Å². The third-order valence-corrected chi connectivity index (χ3v) is 5.58. The molecule has 0 N–H and O–H groups in total. The normalized spacial score (nSPS) is 18.1. The van der Waals surface area contributed by atoms with Crippen LogP contribution >= 0.6 is 0 Å². The van der Waals surface area contributed by atoms with Gasteiger partial charge in [-0.15, -0.1) is 0 Å². The minimum Gasteiger partial charge on any atom is -0.550 e. The molecule has 1 aromatic carbocycles. The molecule has 0 radical (unpaired) electrons. The smallest absolute Gasteiger partial charge is 0.245 e. The van der Waals surface area contributed by atoms with Gasteiger partial charge in [-0.3, -0.25) is 0 Å². The summed E-state index contributed by atoms with van der Waals surface area (Å²) in [5.41, 5.74) is 0.542. The fourth-order valence-corrected chi connectivity index (χ4v) is 4.07. The predicted molar refractivity (Wildman–Crippen MR) is 68.3 cm³/mol. The number of carboxylic acid groups (broad SMARTS) is 1. The SMILES string of the molecule is O=C([O-])C1CCN(S(=O)(=O)c2cccc3nonc23)CC1. The van der Waals surface area contributed by atoms with Crippen molar-refractivity contribution >= 4 is 27.0 Å². The zero-order chi connectivity index (χ0) is 15.0. The lowest BCUT2D eigenvalue weighted by atomic mass is 9.99. The van der Waals surface area contributed by atoms with Gasteiger partial charge in [0, 0.05) is 25.0 Å². The van der Waals surface area contributed by atoms with Crippen molar-refractivity contribution < 1.29 is 22.9 Å². The Balaban J connectivity index is 1.91. The molecule has 3 rings (SSSR count). The molecule has 0 amide bonds. The summed E-state index contributed by atoms with van der Waals surface area (Å²) in [6, 6.07) is 4.60. The molecule has 0 aliphatic carbocycles. The van der Waals surface area contributed by atoms with Gasteiger partial charge in [0.2, 0.25) is 10.0 Å². The highest BCUT2D eigenvalue weighted by molar-refractivity contribution is 7.89. The molecule has 2 aromatic rings. The zero-order valence-electron chi connectivity index (χ0n) is 10.9. The van der Waals surface area contributed by atoms with Crippen LogP contribution in [0.2, 0.25) is 0 Å². The van der Waals surface area contributed by atoms with Crippen molar-refractivity contribution in [3.05, 3.63) is 18.2 Å². The molecule has 1 aliphatic rings. The van der Waals surface area contributed by atoms with Crippen molar-refractivity contribution in [3.8, 4) is 0 Å². The lowest BCUT2D eigenvalue weighted by Gasteiger charge is -2.31. The first kappa shape index (κ1) is 14.0. The molecule has 0 bridgehead atoms. The van der Waals surface area contributed by atoms with Crippen molar-refractivity contribution in [2.75, 3.05) is 13.1 Å². The summed E-state index contributed by atoms with van der Waals surface area (Å²) in [6.07, 6.45) is 0.489. The molecule has 1 fully saturated rings. The molecule has 112 valence electrons. The van der Waals surface area contributed by atoms with Gasteiger partial charge in [0.05, 0.1) is 0 Å². The third kappa shape index (κ3) is 2.38. The highest BCUT2D eigenvalue weighted by Crippen LogP contribution is 2.27. The second-order valence-corrected chi connectivity index (χ2v) is 6.79. The lowest BCUT2D eigenvalue weighted by molar-refractivity contribution is -0.312. The van der Waals surface area contributed by atoms with Crippen LogP contribution < -0.4 is 5.11 Å². The van der Waals surface area contributed by atoms with E-state index in [4.69, 9.17) is 0 Å². The number of hydrogen-bond donors (Lipinski definition) is 0. The van der Waals surface area contributed by atoms with Gasteiger partial charge in [-0.05, 0) is 35.3 Å². The first-order valence-corrected chi connectivity index (χ1v) is 7.86. The summed E-state index contributed by atoms with van der Waals surface area (Å²) in [4.78, 5) is 10.8. The molecule has 0 saturated carbocycles. The number of aliphatic carboxylic acids is 1. The molecule has 0 atom stereocenters. The molecule has 8 nitrogen and oxygen atoms in total. The van der Waals surface area contributed by atoms with Crippen molar-refractivity contribution in [2.24, 2.45) is 5.92 Å².